The van der Waals surface area contributed by atoms with Crippen LogP contribution in [0.2, 0.25) is 0 Å². The van der Waals surface area contributed by atoms with Gasteiger partial charge in [0.1, 0.15) is 0 Å². The minimum absolute atomic E-state index is 0.798. The lowest BCUT2D eigenvalue weighted by atomic mass is 10.3. The average Bonchev–Trinajstić information content (AvgIpc) is 2.24. The largest absolute Gasteiger partial charge is 0.425 e. The fourth-order valence-electron chi connectivity index (χ4n) is 1.06. The molecule has 0 aromatic heterocycles. The van der Waals surface area contributed by atoms with Gasteiger partial charge in [-0.3, -0.25) is 0 Å². The van der Waals surface area contributed by atoms with E-state index in [1.807, 2.05) is 0 Å². The lowest BCUT2D eigenvalue weighted by molar-refractivity contribution is -0.299. The first-order valence-electron chi connectivity index (χ1n) is 4.56. The van der Waals surface area contributed by atoms with Crippen LogP contribution in [0.15, 0.2) is 35.2 Å². The Balaban J connectivity index is 3.11. The van der Waals surface area contributed by atoms with E-state index in [-0.39, 0.29) is 0 Å². The van der Waals surface area contributed by atoms with Crippen molar-refractivity contribution in [1.29, 1.82) is 0 Å². The molecule has 0 spiro atoms. The molecule has 0 fully saturated rings. The Labute approximate surface area is 103 Å². The summed E-state index contributed by atoms with van der Waals surface area (Å²) in [6.07, 6.45) is -16.2. The zero-order chi connectivity index (χ0) is 14.9. The fourth-order valence-corrected chi connectivity index (χ4v) is 2.14. The summed E-state index contributed by atoms with van der Waals surface area (Å²) in [6, 6.07) is 5.24. The van der Waals surface area contributed by atoms with Crippen LogP contribution in [0.3, 0.4) is 0 Å². The van der Waals surface area contributed by atoms with Crippen molar-refractivity contribution in [3.05, 3.63) is 30.3 Å². The van der Waals surface area contributed by atoms with Crippen molar-refractivity contribution in [3.63, 3.8) is 0 Å². The molecule has 19 heavy (non-hydrogen) atoms. The highest BCUT2D eigenvalue weighted by molar-refractivity contribution is 7.86. The molecule has 0 bridgehead atoms. The van der Waals surface area contributed by atoms with E-state index < -0.39 is 33.5 Å². The summed E-state index contributed by atoms with van der Waals surface area (Å²) in [5, 5.41) is 0. The van der Waals surface area contributed by atoms with E-state index in [1.54, 1.807) is 0 Å². The van der Waals surface area contributed by atoms with Gasteiger partial charge in [-0.15, -0.1) is 0 Å². The average molecular weight is 308 g/mol. The maximum atomic E-state index is 12.2. The van der Waals surface area contributed by atoms with Crippen LogP contribution in [0.4, 0.5) is 26.3 Å². The smallest absolute Gasteiger partial charge is 0.244 e. The highest BCUT2D eigenvalue weighted by Gasteiger charge is 2.60. The zero-order valence-electron chi connectivity index (χ0n) is 8.86. The second-order valence-corrected chi connectivity index (χ2v) is 4.90. The van der Waals surface area contributed by atoms with E-state index in [0.717, 1.165) is 24.3 Å². The molecule has 0 unspecified atom stereocenters. The van der Waals surface area contributed by atoms with Crippen molar-refractivity contribution in [3.8, 4) is 0 Å². The predicted molar refractivity (Wildman–Crippen MR) is 50.6 cm³/mol. The molecule has 0 atom stereocenters. The molecule has 0 amide bonds. The Morgan fingerprint density at radius 2 is 1.32 bits per heavy atom. The first kappa shape index (κ1) is 15.8. The lowest BCUT2D eigenvalue weighted by Crippen LogP contribution is -2.45. The highest BCUT2D eigenvalue weighted by atomic mass is 32.2. The SMILES string of the molecule is O=S(=O)(OC(C(F)(F)F)C(F)(F)F)c1ccccc1. The molecule has 0 aliphatic heterocycles. The second-order valence-electron chi connectivity index (χ2n) is 3.33. The third-order valence-corrected chi connectivity index (χ3v) is 3.14. The normalized spacial score (nSPS) is 13.8. The van der Waals surface area contributed by atoms with E-state index in [9.17, 15) is 34.8 Å². The van der Waals surface area contributed by atoms with Crippen LogP contribution < -0.4 is 0 Å². The van der Waals surface area contributed by atoms with E-state index in [2.05, 4.69) is 4.18 Å². The molecule has 1 aromatic carbocycles. The summed E-state index contributed by atoms with van der Waals surface area (Å²) in [5.41, 5.74) is 0. The lowest BCUT2D eigenvalue weighted by Gasteiger charge is -2.22. The first-order chi connectivity index (χ1) is 8.44. The summed E-state index contributed by atoms with van der Waals surface area (Å²) < 4.78 is 98.8. The van der Waals surface area contributed by atoms with Crippen LogP contribution in [0.25, 0.3) is 0 Å². The van der Waals surface area contributed by atoms with Crippen LogP contribution in [-0.4, -0.2) is 26.9 Å². The molecule has 0 heterocycles. The minimum atomic E-state index is -5.89. The van der Waals surface area contributed by atoms with Crippen LogP contribution >= 0.6 is 0 Å². The monoisotopic (exact) mass is 308 g/mol. The molecule has 108 valence electrons. The van der Waals surface area contributed by atoms with E-state index in [4.69, 9.17) is 0 Å². The van der Waals surface area contributed by atoms with Gasteiger partial charge in [-0.1, -0.05) is 18.2 Å². The summed E-state index contributed by atoms with van der Waals surface area (Å²) in [4.78, 5) is -0.798. The maximum absolute atomic E-state index is 12.2. The Bertz CT molecular complexity index is 505. The Morgan fingerprint density at radius 1 is 0.895 bits per heavy atom. The van der Waals surface area contributed by atoms with Crippen LogP contribution in [0, 0.1) is 0 Å². The second kappa shape index (κ2) is 5.00. The Morgan fingerprint density at radius 3 is 1.68 bits per heavy atom. The van der Waals surface area contributed by atoms with Gasteiger partial charge in [0.05, 0.1) is 4.90 Å². The van der Waals surface area contributed by atoms with E-state index in [1.165, 1.54) is 6.07 Å². The topological polar surface area (TPSA) is 43.4 Å². The molecule has 0 aliphatic rings. The van der Waals surface area contributed by atoms with Gasteiger partial charge in [-0.2, -0.15) is 34.8 Å². The van der Waals surface area contributed by atoms with Crippen molar-refractivity contribution in [2.24, 2.45) is 0 Å². The van der Waals surface area contributed by atoms with Gasteiger partial charge in [0.25, 0.3) is 16.2 Å². The molecule has 0 saturated carbocycles. The number of halogens is 6. The van der Waals surface area contributed by atoms with Crippen molar-refractivity contribution in [1.82, 2.24) is 0 Å². The van der Waals surface area contributed by atoms with Crippen LogP contribution in [-0.2, 0) is 14.3 Å². The molecular formula is C9H6F6O3S. The Kier molecular flexibility index (Phi) is 4.15. The van der Waals surface area contributed by atoms with Gasteiger partial charge in [0, 0.05) is 0 Å². The molecule has 10 heteroatoms. The number of rotatable bonds is 3. The van der Waals surface area contributed by atoms with Crippen LogP contribution in [0.5, 0.6) is 0 Å². The molecule has 3 nitrogen and oxygen atoms in total. The molecular weight excluding hydrogens is 302 g/mol. The standard InChI is InChI=1S/C9H6F6O3S/c10-8(11,12)7(9(13,14)15)18-19(16,17)6-4-2-1-3-5-6/h1-5,7H. The van der Waals surface area contributed by atoms with Gasteiger partial charge < -0.3 is 0 Å². The minimum Gasteiger partial charge on any atom is -0.244 e. The first-order valence-corrected chi connectivity index (χ1v) is 5.97. The summed E-state index contributed by atoms with van der Waals surface area (Å²) in [7, 11) is -5.17. The molecule has 1 aromatic rings. The van der Waals surface area contributed by atoms with Gasteiger partial charge in [-0.25, -0.2) is 4.18 Å². The maximum Gasteiger partial charge on any atom is 0.425 e. The van der Waals surface area contributed by atoms with Crippen molar-refractivity contribution >= 4 is 10.1 Å². The molecule has 0 N–H and O–H groups in total. The van der Waals surface area contributed by atoms with Gasteiger partial charge in [0.15, 0.2) is 0 Å². The third-order valence-electron chi connectivity index (χ3n) is 1.85. The van der Waals surface area contributed by atoms with Gasteiger partial charge in [0.2, 0.25) is 0 Å². The number of benzene rings is 1. The highest BCUT2D eigenvalue weighted by Crippen LogP contribution is 2.37. The van der Waals surface area contributed by atoms with Crippen molar-refractivity contribution < 1.29 is 38.9 Å². The molecule has 0 aliphatic carbocycles. The van der Waals surface area contributed by atoms with Crippen LogP contribution in [0.1, 0.15) is 0 Å². The fraction of sp³-hybridized carbons (Fsp3) is 0.333. The third kappa shape index (κ3) is 4.10. The van der Waals surface area contributed by atoms with E-state index >= 15 is 0 Å². The number of hydrogen-bond acceptors (Lipinski definition) is 3. The van der Waals surface area contributed by atoms with Crippen molar-refractivity contribution in [2.75, 3.05) is 0 Å². The zero-order valence-corrected chi connectivity index (χ0v) is 9.68. The summed E-state index contributed by atoms with van der Waals surface area (Å²) in [6.45, 7) is 0. The van der Waals surface area contributed by atoms with Gasteiger partial charge >= 0.3 is 12.4 Å². The van der Waals surface area contributed by atoms with E-state index in [0.29, 0.717) is 0 Å². The summed E-state index contributed by atoms with van der Waals surface area (Å²) >= 11 is 0. The molecule has 0 saturated heterocycles. The Hall–Kier alpha value is -1.29. The quantitative estimate of drug-likeness (QED) is 0.637. The van der Waals surface area contributed by atoms with Gasteiger partial charge in [-0.05, 0) is 12.1 Å². The molecule has 1 rings (SSSR count). The summed E-state index contributed by atoms with van der Waals surface area (Å²) in [5.74, 6) is 0. The molecule has 0 radical (unpaired) electrons. The number of alkyl halides is 6. The van der Waals surface area contributed by atoms with Crippen molar-refractivity contribution in [2.45, 2.75) is 23.4 Å². The number of hydrogen-bond donors (Lipinski definition) is 0. The predicted octanol–water partition coefficient (Wildman–Crippen LogP) is 2.89.